The second kappa shape index (κ2) is 5.92. The van der Waals surface area contributed by atoms with Gasteiger partial charge in [0.1, 0.15) is 0 Å². The van der Waals surface area contributed by atoms with Crippen LogP contribution in [0.3, 0.4) is 0 Å². The summed E-state index contributed by atoms with van der Waals surface area (Å²) >= 11 is 1.91. The third kappa shape index (κ3) is 3.98. The van der Waals surface area contributed by atoms with Crippen molar-refractivity contribution in [3.05, 3.63) is 0 Å². The Morgan fingerprint density at radius 2 is 2.19 bits per heavy atom. The summed E-state index contributed by atoms with van der Waals surface area (Å²) in [5, 5.41) is 5.30. The molecule has 0 spiro atoms. The Labute approximate surface area is 104 Å². The fourth-order valence-corrected chi connectivity index (χ4v) is 2.56. The van der Waals surface area contributed by atoms with E-state index in [1.807, 2.05) is 11.8 Å². The number of rotatable bonds is 5. The van der Waals surface area contributed by atoms with E-state index >= 15 is 0 Å². The lowest BCUT2D eigenvalue weighted by Gasteiger charge is -2.32. The van der Waals surface area contributed by atoms with Crippen LogP contribution in [0, 0.1) is 0 Å². The van der Waals surface area contributed by atoms with Gasteiger partial charge in [0.05, 0.1) is 6.54 Å². The van der Waals surface area contributed by atoms with E-state index in [2.05, 4.69) is 50.1 Å². The second-order valence-electron chi connectivity index (χ2n) is 5.23. The molecule has 0 saturated carbocycles. The van der Waals surface area contributed by atoms with Crippen molar-refractivity contribution >= 4 is 16.9 Å². The molecular weight excluding hydrogens is 218 g/mol. The summed E-state index contributed by atoms with van der Waals surface area (Å²) in [5.74, 6) is 0. The Morgan fingerprint density at radius 3 is 2.75 bits per heavy atom. The summed E-state index contributed by atoms with van der Waals surface area (Å²) in [4.78, 5) is 6.79. The first kappa shape index (κ1) is 13.8. The lowest BCUT2D eigenvalue weighted by atomic mass is 10.1. The van der Waals surface area contributed by atoms with Crippen molar-refractivity contribution in [2.45, 2.75) is 44.4 Å². The van der Waals surface area contributed by atoms with Gasteiger partial charge in [-0.2, -0.15) is 0 Å². The highest BCUT2D eigenvalue weighted by atomic mass is 32.2. The highest BCUT2D eigenvalue weighted by Gasteiger charge is 2.23. The maximum absolute atomic E-state index is 4.55. The molecule has 0 aromatic carbocycles. The van der Waals surface area contributed by atoms with E-state index in [1.54, 1.807) is 0 Å². The van der Waals surface area contributed by atoms with Gasteiger partial charge in [-0.25, -0.2) is 0 Å². The number of hydrogen-bond donors (Lipinski definition) is 1. The number of hydrogen-bond acceptors (Lipinski definition) is 4. The summed E-state index contributed by atoms with van der Waals surface area (Å²) in [6.07, 6.45) is 2.53. The predicted octanol–water partition coefficient (Wildman–Crippen LogP) is 2.19. The average molecular weight is 243 g/mol. The van der Waals surface area contributed by atoms with E-state index in [4.69, 9.17) is 0 Å². The molecule has 1 atom stereocenters. The van der Waals surface area contributed by atoms with Gasteiger partial charge in [-0.1, -0.05) is 25.1 Å². The van der Waals surface area contributed by atoms with Crippen LogP contribution >= 0.6 is 11.8 Å². The fraction of sp³-hybridized carbons (Fsp3) is 0.917. The van der Waals surface area contributed by atoms with Gasteiger partial charge in [-0.3, -0.25) is 4.99 Å². The Hall–Kier alpha value is -0.220. The van der Waals surface area contributed by atoms with E-state index < -0.39 is 0 Å². The van der Waals surface area contributed by atoms with Crippen molar-refractivity contribution < 1.29 is 0 Å². The summed E-state index contributed by atoms with van der Waals surface area (Å²) in [7, 11) is 4.23. The smallest absolute Gasteiger partial charge is 0.156 e. The van der Waals surface area contributed by atoms with Crippen LogP contribution < -0.4 is 5.32 Å². The molecule has 0 aromatic heterocycles. The first-order chi connectivity index (χ1) is 7.45. The molecule has 94 valence electrons. The van der Waals surface area contributed by atoms with Crippen LogP contribution in [-0.4, -0.2) is 48.0 Å². The summed E-state index contributed by atoms with van der Waals surface area (Å²) in [6.45, 7) is 8.66. The van der Waals surface area contributed by atoms with Crippen molar-refractivity contribution in [3.63, 3.8) is 0 Å². The molecule has 4 heteroatoms. The van der Waals surface area contributed by atoms with E-state index in [1.165, 1.54) is 12.8 Å². The molecule has 16 heavy (non-hydrogen) atoms. The van der Waals surface area contributed by atoms with Crippen LogP contribution in [0.15, 0.2) is 4.99 Å². The number of nitrogens with zero attached hydrogens (tertiary/aromatic N) is 2. The predicted molar refractivity (Wildman–Crippen MR) is 74.4 cm³/mol. The molecule has 0 radical (unpaired) electrons. The lowest BCUT2D eigenvalue weighted by molar-refractivity contribution is 0.198. The van der Waals surface area contributed by atoms with E-state index in [0.29, 0.717) is 5.25 Å². The molecule has 1 N–H and O–H groups in total. The van der Waals surface area contributed by atoms with Crippen LogP contribution in [0.25, 0.3) is 0 Å². The molecule has 1 rings (SSSR count). The van der Waals surface area contributed by atoms with Crippen molar-refractivity contribution in [1.29, 1.82) is 0 Å². The summed E-state index contributed by atoms with van der Waals surface area (Å²) in [6, 6.07) is 0. The van der Waals surface area contributed by atoms with Crippen LogP contribution in [0.1, 0.15) is 33.6 Å². The summed E-state index contributed by atoms with van der Waals surface area (Å²) < 4.78 is 0. The van der Waals surface area contributed by atoms with Crippen molar-refractivity contribution in [1.82, 2.24) is 10.2 Å². The monoisotopic (exact) mass is 243 g/mol. The van der Waals surface area contributed by atoms with Crippen LogP contribution in [0.4, 0.5) is 0 Å². The zero-order chi connectivity index (χ0) is 12.2. The Bertz CT molecular complexity index is 249. The van der Waals surface area contributed by atoms with Crippen molar-refractivity contribution in [2.24, 2.45) is 4.99 Å². The largest absolute Gasteiger partial charge is 0.363 e. The molecule has 0 saturated heterocycles. The number of nitrogens with one attached hydrogen (secondary N) is 1. The molecule has 0 amide bonds. The zero-order valence-electron chi connectivity index (χ0n) is 11.2. The van der Waals surface area contributed by atoms with Gasteiger partial charge in [0.25, 0.3) is 0 Å². The summed E-state index contributed by atoms with van der Waals surface area (Å²) in [5.41, 5.74) is 0.173. The Balaban J connectivity index is 2.30. The van der Waals surface area contributed by atoms with Gasteiger partial charge < -0.3 is 10.2 Å². The fourth-order valence-electron chi connectivity index (χ4n) is 1.44. The van der Waals surface area contributed by atoms with Gasteiger partial charge in [-0.15, -0.1) is 0 Å². The van der Waals surface area contributed by atoms with E-state index in [9.17, 15) is 0 Å². The van der Waals surface area contributed by atoms with Crippen LogP contribution in [0.2, 0.25) is 0 Å². The van der Waals surface area contributed by atoms with Crippen LogP contribution in [0.5, 0.6) is 0 Å². The number of aliphatic imine (C=N–C) groups is 1. The normalized spacial score (nSPS) is 21.4. The molecule has 0 bridgehead atoms. The second-order valence-corrected chi connectivity index (χ2v) is 6.52. The quantitative estimate of drug-likeness (QED) is 0.802. The minimum atomic E-state index is 0.173. The van der Waals surface area contributed by atoms with Crippen molar-refractivity contribution in [3.8, 4) is 0 Å². The highest BCUT2D eigenvalue weighted by Crippen LogP contribution is 2.23. The lowest BCUT2D eigenvalue weighted by Crippen LogP contribution is -2.47. The third-order valence-corrected chi connectivity index (χ3v) is 4.43. The minimum absolute atomic E-state index is 0.173. The van der Waals surface area contributed by atoms with Gasteiger partial charge in [0.15, 0.2) is 5.17 Å². The topological polar surface area (TPSA) is 27.6 Å². The number of likely N-dealkylation sites (N-methyl/N-ethyl adjacent to an activating group) is 1. The standard InChI is InChI=1S/C12H25N3S/c1-6-7-10-8-13-11(16-10)14-9-12(2,3)15(4)5/h10H,6-9H2,1-5H3,(H,13,14). The van der Waals surface area contributed by atoms with Gasteiger partial charge in [0, 0.05) is 17.3 Å². The molecule has 3 nitrogen and oxygen atoms in total. The molecule has 1 aliphatic heterocycles. The molecule has 1 heterocycles. The number of thioether (sulfide) groups is 1. The molecule has 1 aliphatic rings. The number of amidine groups is 1. The van der Waals surface area contributed by atoms with E-state index in [0.717, 1.165) is 18.3 Å². The van der Waals surface area contributed by atoms with Gasteiger partial charge in [-0.05, 0) is 34.4 Å². The van der Waals surface area contributed by atoms with Gasteiger partial charge in [0.2, 0.25) is 0 Å². The minimum Gasteiger partial charge on any atom is -0.363 e. The highest BCUT2D eigenvalue weighted by molar-refractivity contribution is 8.14. The Morgan fingerprint density at radius 1 is 1.50 bits per heavy atom. The molecule has 0 aliphatic carbocycles. The van der Waals surface area contributed by atoms with Gasteiger partial charge >= 0.3 is 0 Å². The molecule has 1 unspecified atom stereocenters. The average Bonchev–Trinajstić information content (AvgIpc) is 2.63. The Kier molecular flexibility index (Phi) is 5.12. The SMILES string of the molecule is CCCC1CN=C(NCC(C)(C)N(C)C)S1. The molecular formula is C12H25N3S. The third-order valence-electron chi connectivity index (χ3n) is 3.21. The van der Waals surface area contributed by atoms with E-state index in [-0.39, 0.29) is 5.54 Å². The van der Waals surface area contributed by atoms with Crippen molar-refractivity contribution in [2.75, 3.05) is 27.2 Å². The van der Waals surface area contributed by atoms with Crippen LogP contribution in [-0.2, 0) is 0 Å². The zero-order valence-corrected chi connectivity index (χ0v) is 12.0. The first-order valence-corrected chi connectivity index (χ1v) is 6.96. The first-order valence-electron chi connectivity index (χ1n) is 6.08. The maximum Gasteiger partial charge on any atom is 0.156 e. The maximum atomic E-state index is 4.55. The molecule has 0 aromatic rings. The molecule has 0 fully saturated rings.